The molecule has 4 nitrogen and oxygen atoms in total. The zero-order chi connectivity index (χ0) is 12.1. The first-order valence-corrected chi connectivity index (χ1v) is 4.65. The molecule has 5 heteroatoms. The summed E-state index contributed by atoms with van der Waals surface area (Å²) in [7, 11) is 1.46. The highest BCUT2D eigenvalue weighted by Crippen LogP contribution is 2.25. The van der Waals surface area contributed by atoms with Crippen LogP contribution in [0.4, 0.5) is 0 Å². The van der Waals surface area contributed by atoms with Crippen molar-refractivity contribution in [1.29, 1.82) is 5.26 Å². The summed E-state index contributed by atoms with van der Waals surface area (Å²) >= 11 is 5.80. The highest BCUT2D eigenvalue weighted by Gasteiger charge is 2.07. The predicted octanol–water partition coefficient (Wildman–Crippen LogP) is 2.34. The van der Waals surface area contributed by atoms with E-state index in [1.54, 1.807) is 24.3 Å². The van der Waals surface area contributed by atoms with Gasteiger partial charge in [0, 0.05) is 0 Å². The molecular formula is C11H8ClNO3. The van der Waals surface area contributed by atoms with E-state index in [1.165, 1.54) is 13.2 Å². The number of benzene rings is 1. The molecule has 82 valence electrons. The molecule has 0 saturated carbocycles. The first-order valence-electron chi connectivity index (χ1n) is 4.27. The van der Waals surface area contributed by atoms with Gasteiger partial charge in [0.2, 0.25) is 0 Å². The number of hydrogen-bond donors (Lipinski definition) is 1. The number of nitrogens with zero attached hydrogens (tertiary/aromatic N) is 1. The lowest BCUT2D eigenvalue weighted by Gasteiger charge is -2.03. The van der Waals surface area contributed by atoms with Crippen molar-refractivity contribution < 1.29 is 14.6 Å². The van der Waals surface area contributed by atoms with Gasteiger partial charge in [0.25, 0.3) is 0 Å². The molecule has 0 aliphatic heterocycles. The minimum Gasteiger partial charge on any atom is -0.495 e. The third kappa shape index (κ3) is 2.75. The average molecular weight is 238 g/mol. The number of halogens is 1. The van der Waals surface area contributed by atoms with E-state index in [-0.39, 0.29) is 5.57 Å². The van der Waals surface area contributed by atoms with E-state index in [0.29, 0.717) is 16.3 Å². The summed E-state index contributed by atoms with van der Waals surface area (Å²) in [5, 5.41) is 17.7. The Hall–Kier alpha value is -1.99. The number of aliphatic carboxylic acids is 1. The first-order chi connectivity index (χ1) is 7.58. The number of ether oxygens (including phenoxy) is 1. The lowest BCUT2D eigenvalue weighted by Crippen LogP contribution is -1.97. The van der Waals surface area contributed by atoms with Gasteiger partial charge in [-0.15, -0.1) is 0 Å². The van der Waals surface area contributed by atoms with Gasteiger partial charge in [-0.25, -0.2) is 4.79 Å². The Bertz CT molecular complexity index is 488. The highest BCUT2D eigenvalue weighted by atomic mass is 35.5. The van der Waals surface area contributed by atoms with Crippen LogP contribution in [0, 0.1) is 11.3 Å². The van der Waals surface area contributed by atoms with Gasteiger partial charge in [0.05, 0.1) is 12.1 Å². The van der Waals surface area contributed by atoms with Crippen LogP contribution in [0.5, 0.6) is 5.75 Å². The summed E-state index contributed by atoms with van der Waals surface area (Å²) in [6.45, 7) is 0. The van der Waals surface area contributed by atoms with Crippen LogP contribution in [-0.4, -0.2) is 18.2 Å². The van der Waals surface area contributed by atoms with Crippen LogP contribution in [0.1, 0.15) is 5.56 Å². The van der Waals surface area contributed by atoms with Crippen molar-refractivity contribution in [2.24, 2.45) is 0 Å². The van der Waals surface area contributed by atoms with Crippen LogP contribution in [0.15, 0.2) is 23.8 Å². The molecule has 16 heavy (non-hydrogen) atoms. The SMILES string of the molecule is COc1cc(C=C(C#N)C(=O)O)ccc1Cl. The number of carboxylic acid groups (broad SMARTS) is 1. The largest absolute Gasteiger partial charge is 0.495 e. The van der Waals surface area contributed by atoms with Gasteiger partial charge in [-0.05, 0) is 23.8 Å². The van der Waals surface area contributed by atoms with E-state index in [2.05, 4.69) is 0 Å². The minimum absolute atomic E-state index is 0.343. The van der Waals surface area contributed by atoms with Crippen molar-refractivity contribution in [3.8, 4) is 11.8 Å². The maximum absolute atomic E-state index is 10.6. The molecular weight excluding hydrogens is 230 g/mol. The molecule has 1 N–H and O–H groups in total. The van der Waals surface area contributed by atoms with Gasteiger partial charge in [-0.1, -0.05) is 17.7 Å². The molecule has 0 saturated heterocycles. The molecule has 0 amide bonds. The number of methoxy groups -OCH3 is 1. The van der Waals surface area contributed by atoms with Crippen LogP contribution in [0.3, 0.4) is 0 Å². The van der Waals surface area contributed by atoms with E-state index in [9.17, 15) is 4.79 Å². The van der Waals surface area contributed by atoms with Gasteiger partial charge < -0.3 is 9.84 Å². The second-order valence-electron chi connectivity index (χ2n) is 2.87. The summed E-state index contributed by atoms with van der Waals surface area (Å²) in [5.41, 5.74) is 0.199. The van der Waals surface area contributed by atoms with Crippen LogP contribution in [0.25, 0.3) is 6.08 Å². The maximum atomic E-state index is 10.6. The molecule has 0 fully saturated rings. The smallest absolute Gasteiger partial charge is 0.346 e. The first kappa shape index (κ1) is 12.1. The third-order valence-corrected chi connectivity index (χ3v) is 2.15. The normalized spacial score (nSPS) is 10.7. The van der Waals surface area contributed by atoms with Gasteiger partial charge >= 0.3 is 5.97 Å². The third-order valence-electron chi connectivity index (χ3n) is 1.84. The highest BCUT2D eigenvalue weighted by molar-refractivity contribution is 6.32. The molecule has 0 spiro atoms. The summed E-state index contributed by atoms with van der Waals surface area (Å²) in [6, 6.07) is 6.32. The molecule has 0 aromatic heterocycles. The minimum atomic E-state index is -1.27. The number of hydrogen-bond acceptors (Lipinski definition) is 3. The van der Waals surface area contributed by atoms with Crippen LogP contribution >= 0.6 is 11.6 Å². The van der Waals surface area contributed by atoms with Gasteiger partial charge in [-0.2, -0.15) is 5.26 Å². The second-order valence-corrected chi connectivity index (χ2v) is 3.28. The maximum Gasteiger partial charge on any atom is 0.346 e. The van der Waals surface area contributed by atoms with Crippen molar-refractivity contribution >= 4 is 23.6 Å². The Kier molecular flexibility index (Phi) is 3.92. The fourth-order valence-corrected chi connectivity index (χ4v) is 1.27. The second kappa shape index (κ2) is 5.19. The Morgan fingerprint density at radius 1 is 1.62 bits per heavy atom. The fourth-order valence-electron chi connectivity index (χ4n) is 1.07. The monoisotopic (exact) mass is 237 g/mol. The van der Waals surface area contributed by atoms with E-state index >= 15 is 0 Å². The standard InChI is InChI=1S/C11H8ClNO3/c1-16-10-5-7(2-3-9(10)12)4-8(6-13)11(14)15/h2-5H,1H3,(H,14,15). The summed E-state index contributed by atoms with van der Waals surface area (Å²) in [6.07, 6.45) is 1.25. The summed E-state index contributed by atoms with van der Waals surface area (Å²) in [5.74, 6) is -0.838. The lowest BCUT2D eigenvalue weighted by molar-refractivity contribution is -0.132. The van der Waals surface area contributed by atoms with Crippen molar-refractivity contribution in [3.63, 3.8) is 0 Å². The molecule has 1 aromatic carbocycles. The Morgan fingerprint density at radius 2 is 2.31 bits per heavy atom. The zero-order valence-electron chi connectivity index (χ0n) is 8.40. The molecule has 0 heterocycles. The predicted molar refractivity (Wildman–Crippen MR) is 59.2 cm³/mol. The number of rotatable bonds is 3. The fraction of sp³-hybridized carbons (Fsp3) is 0.0909. The number of nitriles is 1. The summed E-state index contributed by atoms with van der Waals surface area (Å²) in [4.78, 5) is 10.6. The van der Waals surface area contributed by atoms with Crippen molar-refractivity contribution in [2.75, 3.05) is 7.11 Å². The average Bonchev–Trinajstić information content (AvgIpc) is 2.27. The van der Waals surface area contributed by atoms with E-state index < -0.39 is 5.97 Å². The molecule has 0 atom stereocenters. The Balaban J connectivity index is 3.16. The van der Waals surface area contributed by atoms with E-state index in [1.807, 2.05) is 0 Å². The Labute approximate surface area is 97.3 Å². The van der Waals surface area contributed by atoms with Gasteiger partial charge in [0.1, 0.15) is 17.4 Å². The number of carbonyl (C=O) groups is 1. The van der Waals surface area contributed by atoms with Crippen molar-refractivity contribution in [2.45, 2.75) is 0 Å². The van der Waals surface area contributed by atoms with Crippen LogP contribution in [-0.2, 0) is 4.79 Å². The molecule has 1 rings (SSSR count). The van der Waals surface area contributed by atoms with Gasteiger partial charge in [-0.3, -0.25) is 0 Å². The zero-order valence-corrected chi connectivity index (χ0v) is 9.15. The number of carboxylic acids is 1. The molecule has 0 unspecified atom stereocenters. The molecule has 1 aromatic rings. The topological polar surface area (TPSA) is 70.3 Å². The van der Waals surface area contributed by atoms with E-state index in [0.717, 1.165) is 0 Å². The molecule has 0 radical (unpaired) electrons. The van der Waals surface area contributed by atoms with Crippen LogP contribution < -0.4 is 4.74 Å². The lowest BCUT2D eigenvalue weighted by atomic mass is 10.1. The quantitative estimate of drug-likeness (QED) is 0.647. The van der Waals surface area contributed by atoms with Crippen LogP contribution in [0.2, 0.25) is 5.02 Å². The van der Waals surface area contributed by atoms with Crippen molar-refractivity contribution in [1.82, 2.24) is 0 Å². The van der Waals surface area contributed by atoms with Gasteiger partial charge in [0.15, 0.2) is 0 Å². The van der Waals surface area contributed by atoms with E-state index in [4.69, 9.17) is 26.7 Å². The Morgan fingerprint density at radius 3 is 2.81 bits per heavy atom. The van der Waals surface area contributed by atoms with Crippen molar-refractivity contribution in [3.05, 3.63) is 34.4 Å². The summed E-state index contributed by atoms with van der Waals surface area (Å²) < 4.78 is 4.97. The molecule has 0 aliphatic rings. The molecule has 0 aliphatic carbocycles. The molecule has 0 bridgehead atoms.